The predicted molar refractivity (Wildman–Crippen MR) is 101 cm³/mol. The van der Waals surface area contributed by atoms with Gasteiger partial charge in [-0.05, 0) is 37.4 Å². The fourth-order valence-corrected chi connectivity index (χ4v) is 3.63. The molecule has 1 aromatic heterocycles. The van der Waals surface area contributed by atoms with Crippen LogP contribution in [0.25, 0.3) is 16.6 Å². The highest BCUT2D eigenvalue weighted by atomic mass is 35.5. The van der Waals surface area contributed by atoms with E-state index in [1.54, 1.807) is 6.07 Å². The molecule has 0 radical (unpaired) electrons. The molecule has 2 heterocycles. The molecule has 0 N–H and O–H groups in total. The van der Waals surface area contributed by atoms with Crippen LogP contribution in [0.5, 0.6) is 0 Å². The van der Waals surface area contributed by atoms with Crippen molar-refractivity contribution in [2.24, 2.45) is 0 Å². The summed E-state index contributed by atoms with van der Waals surface area (Å²) in [6, 6.07) is 13.8. The second-order valence-corrected chi connectivity index (χ2v) is 6.98. The molecule has 0 bridgehead atoms. The third-order valence-corrected chi connectivity index (χ3v) is 5.05. The Kier molecular flexibility index (Phi) is 4.12. The Balaban J connectivity index is 1.85. The molecule has 0 atom stereocenters. The van der Waals surface area contributed by atoms with Gasteiger partial charge in [-0.15, -0.1) is 5.10 Å². The third-order valence-electron chi connectivity index (χ3n) is 4.51. The lowest BCUT2D eigenvalue weighted by molar-refractivity contribution is 0.312. The molecule has 0 unspecified atom stereocenters. The molecular weight excluding hydrogens is 343 g/mol. The highest BCUT2D eigenvalue weighted by molar-refractivity contribution is 6.35. The maximum absolute atomic E-state index is 6.41. The van der Waals surface area contributed by atoms with Crippen LogP contribution in [0, 0.1) is 0 Å². The van der Waals surface area contributed by atoms with Crippen molar-refractivity contribution in [2.75, 3.05) is 38.1 Å². The zero-order chi connectivity index (χ0) is 16.7. The number of halogens is 2. The Hall–Kier alpha value is -1.75. The molecule has 4 nitrogen and oxygen atoms in total. The molecule has 124 valence electrons. The summed E-state index contributed by atoms with van der Waals surface area (Å²) in [6.45, 7) is 4.05. The molecule has 3 aromatic rings. The molecule has 0 saturated carbocycles. The summed E-state index contributed by atoms with van der Waals surface area (Å²) in [5.41, 5.74) is 1.90. The van der Waals surface area contributed by atoms with E-state index in [4.69, 9.17) is 28.3 Å². The summed E-state index contributed by atoms with van der Waals surface area (Å²) in [5.74, 6) is 1.02. The van der Waals surface area contributed by atoms with Crippen molar-refractivity contribution in [2.45, 2.75) is 0 Å². The number of rotatable bonds is 2. The lowest BCUT2D eigenvalue weighted by atomic mass is 10.2. The van der Waals surface area contributed by atoms with E-state index in [-0.39, 0.29) is 0 Å². The van der Waals surface area contributed by atoms with Crippen molar-refractivity contribution in [1.29, 1.82) is 0 Å². The quantitative estimate of drug-likeness (QED) is 0.687. The van der Waals surface area contributed by atoms with Crippen LogP contribution >= 0.6 is 23.2 Å². The SMILES string of the molecule is CN1CCN(c2nn(-c3ccc(Cl)cc3Cl)c3ccccc23)CC1. The average Bonchev–Trinajstić information content (AvgIpc) is 2.95. The summed E-state index contributed by atoms with van der Waals surface area (Å²) >= 11 is 12.4. The molecule has 1 aliphatic rings. The van der Waals surface area contributed by atoms with E-state index in [1.165, 1.54) is 0 Å². The largest absolute Gasteiger partial charge is 0.352 e. The van der Waals surface area contributed by atoms with E-state index < -0.39 is 0 Å². The van der Waals surface area contributed by atoms with Gasteiger partial charge in [-0.1, -0.05) is 35.3 Å². The first-order valence-corrected chi connectivity index (χ1v) is 8.76. The van der Waals surface area contributed by atoms with Crippen LogP contribution in [-0.2, 0) is 0 Å². The van der Waals surface area contributed by atoms with Crippen LogP contribution in [0.3, 0.4) is 0 Å². The average molecular weight is 361 g/mol. The van der Waals surface area contributed by atoms with Crippen LogP contribution in [-0.4, -0.2) is 47.9 Å². The maximum Gasteiger partial charge on any atom is 0.159 e. The van der Waals surface area contributed by atoms with Crippen molar-refractivity contribution in [3.63, 3.8) is 0 Å². The lowest BCUT2D eigenvalue weighted by Crippen LogP contribution is -2.44. The van der Waals surface area contributed by atoms with Crippen molar-refractivity contribution >= 4 is 39.9 Å². The summed E-state index contributed by atoms with van der Waals surface area (Å²) in [4.78, 5) is 4.69. The minimum atomic E-state index is 0.598. The van der Waals surface area contributed by atoms with E-state index in [1.807, 2.05) is 22.9 Å². The first-order chi connectivity index (χ1) is 11.6. The van der Waals surface area contributed by atoms with Crippen molar-refractivity contribution in [3.05, 3.63) is 52.5 Å². The molecule has 1 saturated heterocycles. The molecule has 0 spiro atoms. The second kappa shape index (κ2) is 6.28. The van der Waals surface area contributed by atoms with Crippen molar-refractivity contribution in [1.82, 2.24) is 14.7 Å². The second-order valence-electron chi connectivity index (χ2n) is 6.14. The molecule has 1 aliphatic heterocycles. The normalized spacial score (nSPS) is 16.0. The Morgan fingerprint density at radius 1 is 0.958 bits per heavy atom. The van der Waals surface area contributed by atoms with Gasteiger partial charge in [0.2, 0.25) is 0 Å². The van der Waals surface area contributed by atoms with Gasteiger partial charge in [-0.2, -0.15) is 0 Å². The number of piperazine rings is 1. The van der Waals surface area contributed by atoms with Crippen LogP contribution in [0.2, 0.25) is 10.0 Å². The first-order valence-electron chi connectivity index (χ1n) is 8.00. The topological polar surface area (TPSA) is 24.3 Å². The molecule has 6 heteroatoms. The van der Waals surface area contributed by atoms with Crippen LogP contribution in [0.1, 0.15) is 0 Å². The number of hydrogen-bond acceptors (Lipinski definition) is 3. The highest BCUT2D eigenvalue weighted by Gasteiger charge is 2.21. The zero-order valence-electron chi connectivity index (χ0n) is 13.4. The minimum absolute atomic E-state index is 0.598. The van der Waals surface area contributed by atoms with Gasteiger partial charge in [0, 0.05) is 36.6 Å². The van der Waals surface area contributed by atoms with Gasteiger partial charge in [-0.25, -0.2) is 4.68 Å². The molecule has 4 rings (SSSR count). The number of para-hydroxylation sites is 1. The molecule has 24 heavy (non-hydrogen) atoms. The predicted octanol–water partition coefficient (Wildman–Crippen LogP) is 4.08. The highest BCUT2D eigenvalue weighted by Crippen LogP contribution is 2.32. The van der Waals surface area contributed by atoms with E-state index >= 15 is 0 Å². The lowest BCUT2D eigenvalue weighted by Gasteiger charge is -2.32. The van der Waals surface area contributed by atoms with Gasteiger partial charge >= 0.3 is 0 Å². The van der Waals surface area contributed by atoms with Gasteiger partial charge in [0.25, 0.3) is 0 Å². The summed E-state index contributed by atoms with van der Waals surface area (Å²) < 4.78 is 1.92. The van der Waals surface area contributed by atoms with Gasteiger partial charge in [-0.3, -0.25) is 0 Å². The zero-order valence-corrected chi connectivity index (χ0v) is 14.9. The standard InChI is InChI=1S/C18H18Cl2N4/c1-22-8-10-23(11-9-22)18-14-4-2-3-5-16(14)24(21-18)17-7-6-13(19)12-15(17)20/h2-7,12H,8-11H2,1H3. The molecule has 2 aromatic carbocycles. The van der Waals surface area contributed by atoms with E-state index in [0.717, 1.165) is 48.6 Å². The Morgan fingerprint density at radius 3 is 2.46 bits per heavy atom. The van der Waals surface area contributed by atoms with Gasteiger partial charge < -0.3 is 9.80 Å². The number of fused-ring (bicyclic) bond motifs is 1. The van der Waals surface area contributed by atoms with E-state index in [0.29, 0.717) is 10.0 Å². The van der Waals surface area contributed by atoms with Crippen LogP contribution < -0.4 is 4.90 Å². The number of nitrogens with zero attached hydrogens (tertiary/aromatic N) is 4. The Morgan fingerprint density at radius 2 is 1.71 bits per heavy atom. The van der Waals surface area contributed by atoms with E-state index in [2.05, 4.69) is 35.0 Å². The van der Waals surface area contributed by atoms with Gasteiger partial charge in [0.05, 0.1) is 16.2 Å². The number of benzene rings is 2. The summed E-state index contributed by atoms with van der Waals surface area (Å²) in [7, 11) is 2.15. The molecular formula is C18H18Cl2N4. The third kappa shape index (κ3) is 2.75. The van der Waals surface area contributed by atoms with Crippen molar-refractivity contribution in [3.8, 4) is 5.69 Å². The van der Waals surface area contributed by atoms with Gasteiger partial charge in [0.1, 0.15) is 0 Å². The van der Waals surface area contributed by atoms with Crippen LogP contribution in [0.15, 0.2) is 42.5 Å². The van der Waals surface area contributed by atoms with Crippen LogP contribution in [0.4, 0.5) is 5.82 Å². The van der Waals surface area contributed by atoms with Crippen molar-refractivity contribution < 1.29 is 0 Å². The first kappa shape index (κ1) is 15.8. The number of aromatic nitrogens is 2. The number of anilines is 1. The minimum Gasteiger partial charge on any atom is -0.352 e. The fourth-order valence-electron chi connectivity index (χ4n) is 3.14. The number of likely N-dealkylation sites (N-methyl/N-ethyl adjacent to an activating group) is 1. The molecule has 0 aliphatic carbocycles. The maximum atomic E-state index is 6.41. The molecule has 1 fully saturated rings. The monoisotopic (exact) mass is 360 g/mol. The fraction of sp³-hybridized carbons (Fsp3) is 0.278. The van der Waals surface area contributed by atoms with Gasteiger partial charge in [0.15, 0.2) is 5.82 Å². The molecule has 0 amide bonds. The number of hydrogen-bond donors (Lipinski definition) is 0. The van der Waals surface area contributed by atoms with E-state index in [9.17, 15) is 0 Å². The Labute approximate surface area is 151 Å². The summed E-state index contributed by atoms with van der Waals surface area (Å²) in [5, 5.41) is 7.26. The summed E-state index contributed by atoms with van der Waals surface area (Å²) in [6.07, 6.45) is 0. The smallest absolute Gasteiger partial charge is 0.159 e. The Bertz CT molecular complexity index is 882.